The van der Waals surface area contributed by atoms with Gasteiger partial charge in [0, 0.05) is 11.1 Å². The van der Waals surface area contributed by atoms with Crippen molar-refractivity contribution in [3.05, 3.63) is 46.5 Å². The van der Waals surface area contributed by atoms with Crippen molar-refractivity contribution >= 4 is 10.8 Å². The molecule has 27 heavy (non-hydrogen) atoms. The first kappa shape index (κ1) is 20.4. The van der Waals surface area contributed by atoms with Crippen molar-refractivity contribution in [2.75, 3.05) is 0 Å². The Morgan fingerprint density at radius 2 is 1.30 bits per heavy atom. The third-order valence-corrected chi connectivity index (χ3v) is 5.69. The normalized spacial score (nSPS) is 18.7. The van der Waals surface area contributed by atoms with Crippen LogP contribution < -0.4 is 5.32 Å². The van der Waals surface area contributed by atoms with Crippen LogP contribution in [0, 0.1) is 10.8 Å². The lowest BCUT2D eigenvalue weighted by molar-refractivity contribution is 0.263. The van der Waals surface area contributed by atoms with Crippen molar-refractivity contribution < 1.29 is 0 Å². The smallest absolute Gasteiger partial charge is 0.0391 e. The third kappa shape index (κ3) is 4.09. The molecule has 1 heterocycles. The van der Waals surface area contributed by atoms with E-state index in [0.717, 1.165) is 12.8 Å². The van der Waals surface area contributed by atoms with Crippen molar-refractivity contribution in [2.24, 2.45) is 10.8 Å². The average Bonchev–Trinajstić information content (AvgIpc) is 2.41. The second kappa shape index (κ2) is 6.08. The Morgan fingerprint density at radius 3 is 1.85 bits per heavy atom. The Hall–Kier alpha value is -1.34. The van der Waals surface area contributed by atoms with Crippen LogP contribution in [0.1, 0.15) is 91.5 Å². The van der Waals surface area contributed by atoms with Gasteiger partial charge in [-0.05, 0) is 84.4 Å². The largest absolute Gasteiger partial charge is 0.299 e. The molecule has 0 bridgehead atoms. The molecule has 1 aliphatic heterocycles. The van der Waals surface area contributed by atoms with Crippen LogP contribution in [0.5, 0.6) is 0 Å². The molecule has 0 unspecified atom stereocenters. The molecule has 0 amide bonds. The van der Waals surface area contributed by atoms with Crippen LogP contribution in [0.4, 0.5) is 0 Å². The number of nitrogens with one attached hydrogen (secondary N) is 1. The van der Waals surface area contributed by atoms with Gasteiger partial charge in [0.05, 0.1) is 0 Å². The summed E-state index contributed by atoms with van der Waals surface area (Å²) in [6.07, 6.45) is 2.21. The first-order valence-corrected chi connectivity index (χ1v) is 10.5. The predicted octanol–water partition coefficient (Wildman–Crippen LogP) is 7.09. The lowest BCUT2D eigenvalue weighted by Crippen LogP contribution is -2.51. The second-order valence-corrected chi connectivity index (χ2v) is 12.2. The van der Waals surface area contributed by atoms with Gasteiger partial charge in [-0.1, -0.05) is 65.8 Å². The predicted molar refractivity (Wildman–Crippen MR) is 119 cm³/mol. The van der Waals surface area contributed by atoms with Gasteiger partial charge in [-0.15, -0.1) is 0 Å². The minimum absolute atomic E-state index is 0.0272. The number of rotatable bonds is 2. The topological polar surface area (TPSA) is 12.0 Å². The highest BCUT2D eigenvalue weighted by molar-refractivity contribution is 5.94. The van der Waals surface area contributed by atoms with E-state index in [9.17, 15) is 0 Å². The molecule has 1 nitrogen and oxygen atoms in total. The van der Waals surface area contributed by atoms with Gasteiger partial charge in [-0.2, -0.15) is 0 Å². The lowest BCUT2D eigenvalue weighted by Gasteiger charge is -2.45. The van der Waals surface area contributed by atoms with E-state index in [0.29, 0.717) is 0 Å². The molecule has 1 heteroatoms. The molecule has 0 spiro atoms. The van der Waals surface area contributed by atoms with Gasteiger partial charge in [-0.3, -0.25) is 5.32 Å². The van der Waals surface area contributed by atoms with Crippen LogP contribution in [0.3, 0.4) is 0 Å². The summed E-state index contributed by atoms with van der Waals surface area (Å²) in [6.45, 7) is 23.3. The molecular formula is C26H39N. The number of benzene rings is 2. The summed E-state index contributed by atoms with van der Waals surface area (Å²) in [4.78, 5) is 0. The maximum atomic E-state index is 3.91. The summed E-state index contributed by atoms with van der Waals surface area (Å²) < 4.78 is 0. The second-order valence-electron chi connectivity index (χ2n) is 12.2. The standard InChI is InChI=1S/C26H39N/c1-23(2,3)15-17-13-19-18(16-24(4,5)6)11-12-20-22(19)21(14-17)26(9,10)27-25(20,7)8/h11-14,27H,15-16H2,1-10H3. The van der Waals surface area contributed by atoms with Gasteiger partial charge < -0.3 is 0 Å². The Kier molecular flexibility index (Phi) is 4.59. The lowest BCUT2D eigenvalue weighted by atomic mass is 9.73. The van der Waals surface area contributed by atoms with Gasteiger partial charge in [0.25, 0.3) is 0 Å². The molecule has 0 saturated heterocycles. The Labute approximate surface area is 166 Å². The molecule has 0 radical (unpaired) electrons. The zero-order valence-electron chi connectivity index (χ0n) is 19.2. The maximum absolute atomic E-state index is 3.91. The summed E-state index contributed by atoms with van der Waals surface area (Å²) >= 11 is 0. The number of hydrogen-bond acceptors (Lipinski definition) is 1. The van der Waals surface area contributed by atoms with Crippen LogP contribution in [0.25, 0.3) is 10.8 Å². The zero-order chi connectivity index (χ0) is 20.4. The van der Waals surface area contributed by atoms with Gasteiger partial charge in [0.1, 0.15) is 0 Å². The van der Waals surface area contributed by atoms with Crippen LogP contribution in [0.2, 0.25) is 0 Å². The summed E-state index contributed by atoms with van der Waals surface area (Å²) in [6, 6.07) is 9.72. The molecule has 0 aliphatic carbocycles. The Bertz CT molecular complexity index is 870. The van der Waals surface area contributed by atoms with Gasteiger partial charge in [-0.25, -0.2) is 0 Å². The highest BCUT2D eigenvalue weighted by atomic mass is 15.0. The first-order valence-electron chi connectivity index (χ1n) is 10.5. The molecular weight excluding hydrogens is 326 g/mol. The van der Waals surface area contributed by atoms with Crippen molar-refractivity contribution in [3.63, 3.8) is 0 Å². The monoisotopic (exact) mass is 365 g/mol. The van der Waals surface area contributed by atoms with Crippen LogP contribution in [0.15, 0.2) is 24.3 Å². The van der Waals surface area contributed by atoms with E-state index in [-0.39, 0.29) is 21.9 Å². The summed E-state index contributed by atoms with van der Waals surface area (Å²) in [5.74, 6) is 0. The average molecular weight is 366 g/mol. The Morgan fingerprint density at radius 1 is 0.741 bits per heavy atom. The molecule has 0 fully saturated rings. The van der Waals surface area contributed by atoms with Gasteiger partial charge in [0.15, 0.2) is 0 Å². The van der Waals surface area contributed by atoms with E-state index in [1.54, 1.807) is 0 Å². The molecule has 0 saturated carbocycles. The molecule has 0 atom stereocenters. The highest BCUT2D eigenvalue weighted by Crippen LogP contribution is 2.45. The van der Waals surface area contributed by atoms with Crippen LogP contribution in [-0.4, -0.2) is 0 Å². The van der Waals surface area contributed by atoms with E-state index in [4.69, 9.17) is 0 Å². The number of hydrogen-bond donors (Lipinski definition) is 1. The Balaban J connectivity index is 2.37. The molecule has 3 rings (SSSR count). The molecule has 1 aliphatic rings. The summed E-state index contributed by atoms with van der Waals surface area (Å²) in [7, 11) is 0. The quantitative estimate of drug-likeness (QED) is 0.599. The van der Waals surface area contributed by atoms with Crippen molar-refractivity contribution in [2.45, 2.75) is 93.2 Å². The molecule has 2 aromatic carbocycles. The van der Waals surface area contributed by atoms with E-state index >= 15 is 0 Å². The SMILES string of the molecule is CC(C)(C)Cc1cc2c3c(ccc(CC(C)(C)C)c3c1)C(C)(C)NC2(C)C. The van der Waals surface area contributed by atoms with Crippen molar-refractivity contribution in [3.8, 4) is 0 Å². The molecule has 148 valence electrons. The van der Waals surface area contributed by atoms with E-state index < -0.39 is 0 Å². The van der Waals surface area contributed by atoms with Crippen molar-refractivity contribution in [1.82, 2.24) is 5.32 Å². The fourth-order valence-electron chi connectivity index (χ4n) is 4.97. The van der Waals surface area contributed by atoms with Crippen LogP contribution >= 0.6 is 0 Å². The summed E-state index contributed by atoms with van der Waals surface area (Å²) in [5, 5.41) is 6.87. The van der Waals surface area contributed by atoms with E-state index in [1.807, 2.05) is 0 Å². The highest BCUT2D eigenvalue weighted by Gasteiger charge is 2.38. The fourth-order valence-corrected chi connectivity index (χ4v) is 4.97. The summed E-state index contributed by atoms with van der Waals surface area (Å²) in [5.41, 5.74) is 6.36. The van der Waals surface area contributed by atoms with E-state index in [1.165, 1.54) is 33.0 Å². The zero-order valence-corrected chi connectivity index (χ0v) is 19.2. The molecule has 0 aromatic heterocycles. The van der Waals surface area contributed by atoms with Gasteiger partial charge in [0.2, 0.25) is 0 Å². The third-order valence-electron chi connectivity index (χ3n) is 5.69. The minimum atomic E-state index is -0.0387. The van der Waals surface area contributed by atoms with Gasteiger partial charge >= 0.3 is 0 Å². The minimum Gasteiger partial charge on any atom is -0.299 e. The fraction of sp³-hybridized carbons (Fsp3) is 0.615. The molecule has 1 N–H and O–H groups in total. The van der Waals surface area contributed by atoms with E-state index in [2.05, 4.69) is 98.8 Å². The molecule has 2 aromatic rings. The maximum Gasteiger partial charge on any atom is 0.0391 e. The van der Waals surface area contributed by atoms with Crippen molar-refractivity contribution in [1.29, 1.82) is 0 Å². The van der Waals surface area contributed by atoms with Crippen LogP contribution in [-0.2, 0) is 23.9 Å². The first-order chi connectivity index (χ1) is 12.1.